The molecule has 100 valence electrons. The maximum atomic E-state index is 11.6. The molecule has 0 bridgehead atoms. The molecule has 5 nitrogen and oxygen atoms in total. The Morgan fingerprint density at radius 3 is 2.67 bits per heavy atom. The van der Waals surface area contributed by atoms with Crippen LogP contribution in [0.25, 0.3) is 0 Å². The number of amides is 1. The molecule has 1 aromatic heterocycles. The molecule has 0 radical (unpaired) electrons. The number of thiazole rings is 1. The van der Waals surface area contributed by atoms with Gasteiger partial charge in [-0.05, 0) is 20.3 Å². The molecule has 1 amide bonds. The minimum atomic E-state index is -0.972. The van der Waals surface area contributed by atoms with E-state index in [0.29, 0.717) is 17.1 Å². The SMILES string of the molecule is CCCCC(=O)NC(C)c1nc(C)c(C(=O)O)s1. The van der Waals surface area contributed by atoms with Crippen LogP contribution in [-0.2, 0) is 4.79 Å². The van der Waals surface area contributed by atoms with Gasteiger partial charge >= 0.3 is 5.97 Å². The third kappa shape index (κ3) is 3.80. The van der Waals surface area contributed by atoms with Gasteiger partial charge in [0, 0.05) is 6.42 Å². The number of nitrogens with one attached hydrogen (secondary N) is 1. The van der Waals surface area contributed by atoms with Crippen LogP contribution in [0, 0.1) is 6.92 Å². The molecular formula is C12H18N2O3S. The largest absolute Gasteiger partial charge is 0.477 e. The second-order valence-corrected chi connectivity index (χ2v) is 5.20. The number of nitrogens with zero attached hydrogens (tertiary/aromatic N) is 1. The molecule has 1 unspecified atom stereocenters. The monoisotopic (exact) mass is 270 g/mol. The molecule has 0 fully saturated rings. The van der Waals surface area contributed by atoms with E-state index < -0.39 is 5.97 Å². The predicted octanol–water partition coefficient (Wildman–Crippen LogP) is 2.52. The molecule has 0 aliphatic heterocycles. The zero-order valence-electron chi connectivity index (χ0n) is 10.8. The van der Waals surface area contributed by atoms with Crippen molar-refractivity contribution in [2.75, 3.05) is 0 Å². The van der Waals surface area contributed by atoms with Gasteiger partial charge in [0.05, 0.1) is 11.7 Å². The van der Waals surface area contributed by atoms with Crippen LogP contribution in [0.1, 0.15) is 59.5 Å². The molecule has 1 aromatic rings. The average Bonchev–Trinajstić information content (AvgIpc) is 2.68. The van der Waals surface area contributed by atoms with Gasteiger partial charge < -0.3 is 10.4 Å². The van der Waals surface area contributed by atoms with Crippen molar-refractivity contribution >= 4 is 23.2 Å². The first-order valence-electron chi connectivity index (χ1n) is 5.95. The molecule has 6 heteroatoms. The summed E-state index contributed by atoms with van der Waals surface area (Å²) >= 11 is 1.12. The van der Waals surface area contributed by atoms with Crippen molar-refractivity contribution in [3.63, 3.8) is 0 Å². The van der Waals surface area contributed by atoms with Gasteiger partial charge in [0.15, 0.2) is 0 Å². The molecule has 0 aliphatic rings. The Bertz CT molecular complexity index is 443. The van der Waals surface area contributed by atoms with E-state index in [1.807, 2.05) is 13.8 Å². The smallest absolute Gasteiger partial charge is 0.347 e. The number of rotatable bonds is 6. The third-order valence-electron chi connectivity index (χ3n) is 2.51. The highest BCUT2D eigenvalue weighted by Crippen LogP contribution is 2.23. The molecular weight excluding hydrogens is 252 g/mol. The number of aryl methyl sites for hydroxylation is 1. The summed E-state index contributed by atoms with van der Waals surface area (Å²) in [6.07, 6.45) is 2.33. The summed E-state index contributed by atoms with van der Waals surface area (Å²) in [4.78, 5) is 26.9. The Morgan fingerprint density at radius 2 is 2.17 bits per heavy atom. The van der Waals surface area contributed by atoms with Crippen LogP contribution in [0.15, 0.2) is 0 Å². The lowest BCUT2D eigenvalue weighted by Gasteiger charge is -2.10. The van der Waals surface area contributed by atoms with Crippen LogP contribution in [0.2, 0.25) is 0 Å². The van der Waals surface area contributed by atoms with Gasteiger partial charge in [0.25, 0.3) is 0 Å². The standard InChI is InChI=1S/C12H18N2O3S/c1-4-5-6-9(15)13-8(3)11-14-7(2)10(18-11)12(16)17/h8H,4-6H2,1-3H3,(H,13,15)(H,16,17). The van der Waals surface area contributed by atoms with E-state index in [2.05, 4.69) is 10.3 Å². The van der Waals surface area contributed by atoms with Crippen LogP contribution in [0.5, 0.6) is 0 Å². The normalized spacial score (nSPS) is 12.2. The summed E-state index contributed by atoms with van der Waals surface area (Å²) in [6.45, 7) is 5.50. The molecule has 0 saturated heterocycles. The lowest BCUT2D eigenvalue weighted by atomic mass is 10.2. The second kappa shape index (κ2) is 6.49. The first-order chi connectivity index (χ1) is 8.45. The summed E-state index contributed by atoms with van der Waals surface area (Å²) in [5.74, 6) is -0.991. The van der Waals surface area contributed by atoms with Gasteiger partial charge in [0.2, 0.25) is 5.91 Å². The van der Waals surface area contributed by atoms with E-state index in [4.69, 9.17) is 5.11 Å². The first-order valence-corrected chi connectivity index (χ1v) is 6.77. The Morgan fingerprint density at radius 1 is 1.50 bits per heavy atom. The van der Waals surface area contributed by atoms with Crippen LogP contribution in [-0.4, -0.2) is 22.0 Å². The molecule has 1 heterocycles. The Kier molecular flexibility index (Phi) is 5.27. The van der Waals surface area contributed by atoms with E-state index in [-0.39, 0.29) is 16.8 Å². The number of aromatic carboxylic acids is 1. The summed E-state index contributed by atoms with van der Waals surface area (Å²) in [5, 5.41) is 12.4. The first kappa shape index (κ1) is 14.6. The van der Waals surface area contributed by atoms with Crippen LogP contribution < -0.4 is 5.32 Å². The van der Waals surface area contributed by atoms with E-state index in [1.165, 1.54) is 0 Å². The highest BCUT2D eigenvalue weighted by molar-refractivity contribution is 7.13. The van der Waals surface area contributed by atoms with Crippen LogP contribution >= 0.6 is 11.3 Å². The summed E-state index contributed by atoms with van der Waals surface area (Å²) < 4.78 is 0. The predicted molar refractivity (Wildman–Crippen MR) is 69.9 cm³/mol. The van der Waals surface area contributed by atoms with Crippen molar-refractivity contribution in [2.24, 2.45) is 0 Å². The van der Waals surface area contributed by atoms with Gasteiger partial charge in [0.1, 0.15) is 9.88 Å². The summed E-state index contributed by atoms with van der Waals surface area (Å²) in [7, 11) is 0. The van der Waals surface area contributed by atoms with Crippen molar-refractivity contribution in [1.29, 1.82) is 0 Å². The fraction of sp³-hybridized carbons (Fsp3) is 0.583. The van der Waals surface area contributed by atoms with Crippen molar-refractivity contribution in [3.05, 3.63) is 15.6 Å². The van der Waals surface area contributed by atoms with Crippen molar-refractivity contribution in [1.82, 2.24) is 10.3 Å². The number of carboxylic acids is 1. The topological polar surface area (TPSA) is 79.3 Å². The minimum absolute atomic E-state index is 0.0194. The molecule has 0 aromatic carbocycles. The fourth-order valence-corrected chi connectivity index (χ4v) is 2.42. The zero-order valence-corrected chi connectivity index (χ0v) is 11.6. The van der Waals surface area contributed by atoms with E-state index in [0.717, 1.165) is 24.2 Å². The number of unbranched alkanes of at least 4 members (excludes halogenated alkanes) is 1. The molecule has 2 N–H and O–H groups in total. The second-order valence-electron chi connectivity index (χ2n) is 4.16. The maximum absolute atomic E-state index is 11.6. The van der Waals surface area contributed by atoms with Crippen LogP contribution in [0.3, 0.4) is 0 Å². The molecule has 1 rings (SSSR count). The van der Waals surface area contributed by atoms with E-state index in [9.17, 15) is 9.59 Å². The lowest BCUT2D eigenvalue weighted by Crippen LogP contribution is -2.26. The Hall–Kier alpha value is -1.43. The minimum Gasteiger partial charge on any atom is -0.477 e. The van der Waals surface area contributed by atoms with Crippen molar-refractivity contribution in [3.8, 4) is 0 Å². The number of carbonyl (C=O) groups excluding carboxylic acids is 1. The Balaban J connectivity index is 2.67. The van der Waals surface area contributed by atoms with Crippen molar-refractivity contribution < 1.29 is 14.7 Å². The molecule has 0 aliphatic carbocycles. The van der Waals surface area contributed by atoms with Gasteiger partial charge in [-0.25, -0.2) is 9.78 Å². The highest BCUT2D eigenvalue weighted by atomic mass is 32.1. The van der Waals surface area contributed by atoms with Crippen molar-refractivity contribution in [2.45, 2.75) is 46.1 Å². The Labute approximate surface area is 110 Å². The van der Waals surface area contributed by atoms with Gasteiger partial charge in [-0.2, -0.15) is 0 Å². The highest BCUT2D eigenvalue weighted by Gasteiger charge is 2.18. The number of carbonyl (C=O) groups is 2. The zero-order chi connectivity index (χ0) is 13.7. The quantitative estimate of drug-likeness (QED) is 0.832. The van der Waals surface area contributed by atoms with E-state index in [1.54, 1.807) is 6.92 Å². The average molecular weight is 270 g/mol. The fourth-order valence-electron chi connectivity index (χ4n) is 1.51. The molecule has 18 heavy (non-hydrogen) atoms. The number of hydrogen-bond acceptors (Lipinski definition) is 4. The van der Waals surface area contributed by atoms with Gasteiger partial charge in [-0.15, -0.1) is 11.3 Å². The van der Waals surface area contributed by atoms with Crippen LogP contribution in [0.4, 0.5) is 0 Å². The maximum Gasteiger partial charge on any atom is 0.347 e. The molecule has 1 atom stereocenters. The third-order valence-corrected chi connectivity index (χ3v) is 3.84. The summed E-state index contributed by atoms with van der Waals surface area (Å²) in [5.41, 5.74) is 0.497. The summed E-state index contributed by atoms with van der Waals surface area (Å²) in [6, 6.07) is -0.244. The number of aromatic nitrogens is 1. The molecule has 0 saturated carbocycles. The lowest BCUT2D eigenvalue weighted by molar-refractivity contribution is -0.121. The van der Waals surface area contributed by atoms with E-state index >= 15 is 0 Å². The number of hydrogen-bond donors (Lipinski definition) is 2. The molecule has 0 spiro atoms. The van der Waals surface area contributed by atoms with Gasteiger partial charge in [-0.1, -0.05) is 13.3 Å². The number of carboxylic acid groups (broad SMARTS) is 1. The van der Waals surface area contributed by atoms with Gasteiger partial charge in [-0.3, -0.25) is 4.79 Å².